The normalized spacial score (nSPS) is 13.1. The van der Waals surface area contributed by atoms with Gasteiger partial charge in [-0.1, -0.05) is 43.9 Å². The van der Waals surface area contributed by atoms with Gasteiger partial charge in [0.05, 0.1) is 7.11 Å². The number of methoxy groups -OCH3 is 1. The standard InChI is InChI=1S/C15H24O3Si/c1-12-8-6-7-9-13(12)14(15(16)17-2)18-10-11-19(3,4)5/h6-9,14H,10-11H2,1-5H3/t14-/m1/s1. The van der Waals surface area contributed by atoms with Crippen molar-refractivity contribution >= 4 is 14.0 Å². The highest BCUT2D eigenvalue weighted by Crippen LogP contribution is 2.23. The summed E-state index contributed by atoms with van der Waals surface area (Å²) in [5.74, 6) is -0.329. The molecule has 0 saturated carbocycles. The maximum atomic E-state index is 11.9. The SMILES string of the molecule is COC(=O)[C@H](OCC[Si](C)(C)C)c1ccccc1C. The number of benzene rings is 1. The van der Waals surface area contributed by atoms with Gasteiger partial charge in [0.25, 0.3) is 0 Å². The predicted molar refractivity (Wildman–Crippen MR) is 80.0 cm³/mol. The first kappa shape index (κ1) is 15.9. The van der Waals surface area contributed by atoms with E-state index in [4.69, 9.17) is 9.47 Å². The molecule has 106 valence electrons. The van der Waals surface area contributed by atoms with Crippen LogP contribution in [0.5, 0.6) is 0 Å². The molecule has 3 nitrogen and oxygen atoms in total. The van der Waals surface area contributed by atoms with Crippen LogP contribution in [0.1, 0.15) is 17.2 Å². The highest BCUT2D eigenvalue weighted by Gasteiger charge is 2.24. The number of hydrogen-bond donors (Lipinski definition) is 0. The predicted octanol–water partition coefficient (Wildman–Crippen LogP) is 3.56. The molecule has 0 unspecified atom stereocenters. The molecule has 1 aromatic rings. The minimum atomic E-state index is -1.16. The lowest BCUT2D eigenvalue weighted by molar-refractivity contribution is -0.154. The minimum Gasteiger partial charge on any atom is -0.467 e. The maximum absolute atomic E-state index is 11.9. The fraction of sp³-hybridized carbons (Fsp3) is 0.533. The van der Waals surface area contributed by atoms with Crippen LogP contribution < -0.4 is 0 Å². The van der Waals surface area contributed by atoms with Crippen LogP contribution in [0, 0.1) is 6.92 Å². The van der Waals surface area contributed by atoms with Crippen molar-refractivity contribution in [1.29, 1.82) is 0 Å². The number of hydrogen-bond acceptors (Lipinski definition) is 3. The van der Waals surface area contributed by atoms with E-state index >= 15 is 0 Å². The van der Waals surface area contributed by atoms with Crippen LogP contribution >= 0.6 is 0 Å². The number of carbonyl (C=O) groups excluding carboxylic acids is 1. The third kappa shape index (κ3) is 5.16. The largest absolute Gasteiger partial charge is 0.467 e. The molecular weight excluding hydrogens is 256 g/mol. The lowest BCUT2D eigenvalue weighted by Gasteiger charge is -2.21. The van der Waals surface area contributed by atoms with Gasteiger partial charge in [0.2, 0.25) is 0 Å². The number of rotatable bonds is 6. The summed E-state index contributed by atoms with van der Waals surface area (Å²) < 4.78 is 10.6. The molecule has 0 amide bonds. The van der Waals surface area contributed by atoms with Crippen molar-refractivity contribution in [1.82, 2.24) is 0 Å². The fourth-order valence-corrected chi connectivity index (χ4v) is 2.49. The van der Waals surface area contributed by atoms with Crippen LogP contribution in [0.25, 0.3) is 0 Å². The van der Waals surface area contributed by atoms with Gasteiger partial charge in [0.1, 0.15) is 0 Å². The van der Waals surface area contributed by atoms with E-state index in [0.29, 0.717) is 6.61 Å². The summed E-state index contributed by atoms with van der Waals surface area (Å²) in [6.45, 7) is 9.45. The molecule has 0 heterocycles. The van der Waals surface area contributed by atoms with Crippen molar-refractivity contribution in [3.05, 3.63) is 35.4 Å². The van der Waals surface area contributed by atoms with Crippen molar-refractivity contribution in [2.45, 2.75) is 38.7 Å². The Labute approximate surface area is 116 Å². The van der Waals surface area contributed by atoms with Gasteiger partial charge < -0.3 is 9.47 Å². The van der Waals surface area contributed by atoms with Crippen LogP contribution in [0.2, 0.25) is 25.7 Å². The summed E-state index contributed by atoms with van der Waals surface area (Å²) in [4.78, 5) is 11.9. The van der Waals surface area contributed by atoms with E-state index in [0.717, 1.165) is 17.2 Å². The Hall–Kier alpha value is -1.13. The lowest BCUT2D eigenvalue weighted by atomic mass is 10.0. The Morgan fingerprint density at radius 3 is 2.42 bits per heavy atom. The van der Waals surface area contributed by atoms with E-state index in [1.807, 2.05) is 31.2 Å². The van der Waals surface area contributed by atoms with E-state index in [1.54, 1.807) is 0 Å². The molecule has 0 fully saturated rings. The van der Waals surface area contributed by atoms with Crippen molar-refractivity contribution in [2.75, 3.05) is 13.7 Å². The summed E-state index contributed by atoms with van der Waals surface area (Å²) in [6.07, 6.45) is -0.609. The second kappa shape index (κ2) is 6.87. The van der Waals surface area contributed by atoms with Crippen LogP contribution in [0.4, 0.5) is 0 Å². The zero-order chi connectivity index (χ0) is 14.5. The van der Waals surface area contributed by atoms with Gasteiger partial charge in [0, 0.05) is 14.7 Å². The first-order valence-corrected chi connectivity index (χ1v) is 10.3. The summed E-state index contributed by atoms with van der Waals surface area (Å²) >= 11 is 0. The number of carbonyl (C=O) groups is 1. The lowest BCUT2D eigenvalue weighted by Crippen LogP contribution is -2.25. The number of ether oxygens (including phenoxy) is 2. The van der Waals surface area contributed by atoms with Crippen LogP contribution in [0.3, 0.4) is 0 Å². The van der Waals surface area contributed by atoms with E-state index in [1.165, 1.54) is 7.11 Å². The fourth-order valence-electron chi connectivity index (χ4n) is 1.76. The third-order valence-corrected chi connectivity index (χ3v) is 4.73. The molecule has 0 aliphatic heterocycles. The molecular formula is C15H24O3Si. The Kier molecular flexibility index (Phi) is 5.75. The molecule has 1 rings (SSSR count). The van der Waals surface area contributed by atoms with Crippen molar-refractivity contribution in [3.8, 4) is 0 Å². The monoisotopic (exact) mass is 280 g/mol. The molecule has 0 N–H and O–H groups in total. The van der Waals surface area contributed by atoms with Crippen molar-refractivity contribution in [2.24, 2.45) is 0 Å². The summed E-state index contributed by atoms with van der Waals surface area (Å²) in [5, 5.41) is 0. The average molecular weight is 280 g/mol. The molecule has 0 aliphatic carbocycles. The highest BCUT2D eigenvalue weighted by molar-refractivity contribution is 6.76. The Bertz CT molecular complexity index is 424. The van der Waals surface area contributed by atoms with Gasteiger partial charge in [-0.25, -0.2) is 4.79 Å². The maximum Gasteiger partial charge on any atom is 0.339 e. The number of esters is 1. The first-order valence-electron chi connectivity index (χ1n) is 6.60. The van der Waals surface area contributed by atoms with Gasteiger partial charge in [-0.2, -0.15) is 0 Å². The molecule has 0 bridgehead atoms. The van der Waals surface area contributed by atoms with Crippen LogP contribution in [0.15, 0.2) is 24.3 Å². The zero-order valence-electron chi connectivity index (χ0n) is 12.5. The van der Waals surface area contributed by atoms with E-state index < -0.39 is 14.2 Å². The summed E-state index contributed by atoms with van der Waals surface area (Å²) in [6, 6.07) is 8.81. The highest BCUT2D eigenvalue weighted by atomic mass is 28.3. The molecule has 0 aliphatic rings. The molecule has 19 heavy (non-hydrogen) atoms. The van der Waals surface area contributed by atoms with E-state index in [2.05, 4.69) is 19.6 Å². The van der Waals surface area contributed by atoms with E-state index in [9.17, 15) is 4.79 Å². The van der Waals surface area contributed by atoms with Gasteiger partial charge in [-0.05, 0) is 24.1 Å². The number of aryl methyl sites for hydroxylation is 1. The molecule has 0 saturated heterocycles. The van der Waals surface area contributed by atoms with Crippen LogP contribution in [-0.4, -0.2) is 27.8 Å². The topological polar surface area (TPSA) is 35.5 Å². The summed E-state index contributed by atoms with van der Waals surface area (Å²) in [5.41, 5.74) is 1.94. The molecule has 0 aromatic heterocycles. The molecule has 0 radical (unpaired) electrons. The van der Waals surface area contributed by atoms with Crippen LogP contribution in [-0.2, 0) is 14.3 Å². The Morgan fingerprint density at radius 1 is 1.26 bits per heavy atom. The first-order chi connectivity index (χ1) is 8.85. The third-order valence-electron chi connectivity index (χ3n) is 3.02. The van der Waals surface area contributed by atoms with Gasteiger partial charge in [0.15, 0.2) is 6.10 Å². The zero-order valence-corrected chi connectivity index (χ0v) is 13.5. The second-order valence-electron chi connectivity index (χ2n) is 5.94. The average Bonchev–Trinajstić information content (AvgIpc) is 2.34. The molecule has 1 atom stereocenters. The molecule has 1 aromatic carbocycles. The van der Waals surface area contributed by atoms with Crippen molar-refractivity contribution < 1.29 is 14.3 Å². The van der Waals surface area contributed by atoms with Gasteiger partial charge in [-0.3, -0.25) is 0 Å². The van der Waals surface area contributed by atoms with Gasteiger partial charge >= 0.3 is 5.97 Å². The van der Waals surface area contributed by atoms with Crippen molar-refractivity contribution in [3.63, 3.8) is 0 Å². The molecule has 0 spiro atoms. The van der Waals surface area contributed by atoms with Gasteiger partial charge in [-0.15, -0.1) is 0 Å². The minimum absolute atomic E-state index is 0.329. The Balaban J connectivity index is 2.79. The quantitative estimate of drug-likeness (QED) is 0.590. The smallest absolute Gasteiger partial charge is 0.339 e. The van der Waals surface area contributed by atoms with E-state index in [-0.39, 0.29) is 5.97 Å². The Morgan fingerprint density at radius 2 is 1.89 bits per heavy atom. The summed E-state index contributed by atoms with van der Waals surface area (Å²) in [7, 11) is 0.238. The molecule has 4 heteroatoms. The second-order valence-corrected chi connectivity index (χ2v) is 11.6.